The Morgan fingerprint density at radius 2 is 2.42 bits per heavy atom. The maximum Gasteiger partial charge on any atom is 0.329 e. The van der Waals surface area contributed by atoms with Gasteiger partial charge in [-0.15, -0.1) is 0 Å². The van der Waals surface area contributed by atoms with Crippen molar-refractivity contribution in [2.75, 3.05) is 0 Å². The number of hydrogen-bond donors (Lipinski definition) is 1. The lowest BCUT2D eigenvalue weighted by molar-refractivity contribution is -0.163. The van der Waals surface area contributed by atoms with Crippen LogP contribution < -0.4 is 0 Å². The lowest BCUT2D eigenvalue weighted by atomic mass is 10.1. The molecule has 5 heteroatoms. The summed E-state index contributed by atoms with van der Waals surface area (Å²) in [5, 5.41) is 8.75. The Morgan fingerprint density at radius 3 is 2.83 bits per heavy atom. The molecule has 0 bridgehead atoms. The van der Waals surface area contributed by atoms with Gasteiger partial charge >= 0.3 is 5.97 Å². The smallest absolute Gasteiger partial charge is 0.329 e. The van der Waals surface area contributed by atoms with Crippen LogP contribution in [-0.4, -0.2) is 40.3 Å². The van der Waals surface area contributed by atoms with Crippen molar-refractivity contribution in [3.05, 3.63) is 0 Å². The third kappa shape index (κ3) is 0.768. The van der Waals surface area contributed by atoms with Crippen LogP contribution in [0.1, 0.15) is 13.3 Å². The molecule has 0 radical (unpaired) electrons. The van der Waals surface area contributed by atoms with Crippen LogP contribution in [0.3, 0.4) is 0 Å². The summed E-state index contributed by atoms with van der Waals surface area (Å²) < 4.78 is 5.23. The van der Waals surface area contributed by atoms with Crippen LogP contribution in [0.4, 0.5) is 0 Å². The molecule has 0 aromatic rings. The second-order valence-electron chi connectivity index (χ2n) is 3.08. The fourth-order valence-electron chi connectivity index (χ4n) is 1.72. The highest BCUT2D eigenvalue weighted by atomic mass is 16.5. The zero-order chi connectivity index (χ0) is 8.88. The summed E-state index contributed by atoms with van der Waals surface area (Å²) in [4.78, 5) is 22.9. The number of carboxylic acids is 1. The molecule has 2 aliphatic rings. The first-order valence-corrected chi connectivity index (χ1v) is 3.80. The average molecular weight is 171 g/mol. The van der Waals surface area contributed by atoms with E-state index < -0.39 is 12.0 Å². The summed E-state index contributed by atoms with van der Waals surface area (Å²) in [6.07, 6.45) is -0.346. The highest BCUT2D eigenvalue weighted by Crippen LogP contribution is 2.33. The molecule has 2 saturated heterocycles. The van der Waals surface area contributed by atoms with Gasteiger partial charge in [-0.25, -0.2) is 4.79 Å². The molecule has 0 spiro atoms. The highest BCUT2D eigenvalue weighted by molar-refractivity contribution is 5.89. The summed E-state index contributed by atoms with van der Waals surface area (Å²) in [6, 6.07) is -0.781. The number of β-lactam (4-membered cyclic amide) rings is 1. The Bertz CT molecular complexity index is 252. The quantitative estimate of drug-likeness (QED) is 0.536. The Labute approximate surface area is 68.9 Å². The predicted molar refractivity (Wildman–Crippen MR) is 37.2 cm³/mol. The third-order valence-corrected chi connectivity index (χ3v) is 2.32. The van der Waals surface area contributed by atoms with E-state index in [1.807, 2.05) is 0 Å². The van der Waals surface area contributed by atoms with Crippen LogP contribution in [0, 0.1) is 0 Å². The lowest BCUT2D eigenvalue weighted by Crippen LogP contribution is -2.55. The Hall–Kier alpha value is -1.10. The van der Waals surface area contributed by atoms with Crippen molar-refractivity contribution in [1.29, 1.82) is 0 Å². The monoisotopic (exact) mass is 171 g/mol. The molecule has 5 nitrogen and oxygen atoms in total. The van der Waals surface area contributed by atoms with Crippen molar-refractivity contribution in [3.63, 3.8) is 0 Å². The Kier molecular flexibility index (Phi) is 1.38. The number of nitrogens with zero attached hydrogens (tertiary/aromatic N) is 1. The SMILES string of the molecule is CC1OC2CC(=O)N2C1C(=O)O. The van der Waals surface area contributed by atoms with Gasteiger partial charge in [0.05, 0.1) is 12.5 Å². The number of rotatable bonds is 1. The molecule has 1 N–H and O–H groups in total. The first-order chi connectivity index (χ1) is 5.61. The van der Waals surface area contributed by atoms with Gasteiger partial charge in [0.2, 0.25) is 5.91 Å². The Morgan fingerprint density at radius 1 is 1.75 bits per heavy atom. The van der Waals surface area contributed by atoms with Crippen LogP contribution in [0.5, 0.6) is 0 Å². The van der Waals surface area contributed by atoms with Gasteiger partial charge in [0, 0.05) is 0 Å². The molecule has 0 aromatic heterocycles. The number of amides is 1. The molecule has 2 fully saturated rings. The average Bonchev–Trinajstić information content (AvgIpc) is 2.22. The normalized spacial score (nSPS) is 39.2. The highest BCUT2D eigenvalue weighted by Gasteiger charge is 2.53. The molecule has 0 saturated carbocycles. The van der Waals surface area contributed by atoms with Gasteiger partial charge < -0.3 is 9.84 Å². The summed E-state index contributed by atoms with van der Waals surface area (Å²) in [7, 11) is 0. The molecule has 0 aliphatic carbocycles. The number of carbonyl (C=O) groups excluding carboxylic acids is 1. The van der Waals surface area contributed by atoms with E-state index in [2.05, 4.69) is 0 Å². The van der Waals surface area contributed by atoms with Crippen LogP contribution in [0.25, 0.3) is 0 Å². The number of hydrogen-bond acceptors (Lipinski definition) is 3. The first kappa shape index (κ1) is 7.54. The third-order valence-electron chi connectivity index (χ3n) is 2.32. The molecular weight excluding hydrogens is 162 g/mol. The summed E-state index contributed by atoms with van der Waals surface area (Å²) in [6.45, 7) is 1.67. The van der Waals surface area contributed by atoms with Gasteiger partial charge in [-0.3, -0.25) is 9.69 Å². The fraction of sp³-hybridized carbons (Fsp3) is 0.714. The van der Waals surface area contributed by atoms with Crippen LogP contribution in [0.2, 0.25) is 0 Å². The van der Waals surface area contributed by atoms with Crippen molar-refractivity contribution in [3.8, 4) is 0 Å². The number of aliphatic carboxylic acids is 1. The largest absolute Gasteiger partial charge is 0.480 e. The van der Waals surface area contributed by atoms with Gasteiger partial charge in [0.15, 0.2) is 6.04 Å². The number of ether oxygens (including phenoxy) is 1. The van der Waals surface area contributed by atoms with E-state index in [9.17, 15) is 9.59 Å². The predicted octanol–water partition coefficient (Wildman–Crippen LogP) is -0.583. The summed E-state index contributed by atoms with van der Waals surface area (Å²) >= 11 is 0. The van der Waals surface area contributed by atoms with Crippen LogP contribution in [-0.2, 0) is 14.3 Å². The molecule has 0 aromatic carbocycles. The van der Waals surface area contributed by atoms with Crippen molar-refractivity contribution >= 4 is 11.9 Å². The maximum atomic E-state index is 11.0. The van der Waals surface area contributed by atoms with E-state index in [0.29, 0.717) is 6.42 Å². The zero-order valence-corrected chi connectivity index (χ0v) is 6.56. The molecule has 12 heavy (non-hydrogen) atoms. The molecule has 2 aliphatic heterocycles. The van der Waals surface area contributed by atoms with Gasteiger partial charge in [0.1, 0.15) is 6.23 Å². The minimum absolute atomic E-state index is 0.128. The van der Waals surface area contributed by atoms with E-state index in [0.717, 1.165) is 0 Å². The van der Waals surface area contributed by atoms with Gasteiger partial charge in [-0.1, -0.05) is 0 Å². The first-order valence-electron chi connectivity index (χ1n) is 3.80. The van der Waals surface area contributed by atoms with E-state index in [4.69, 9.17) is 9.84 Å². The minimum atomic E-state index is -0.988. The van der Waals surface area contributed by atoms with Crippen LogP contribution >= 0.6 is 0 Å². The standard InChI is InChI=1S/C7H9NO4/c1-3-6(7(10)11)8-4(9)2-5(8)12-3/h3,5-6H,2H2,1H3,(H,10,11). The number of carboxylic acid groups (broad SMARTS) is 1. The molecule has 2 heterocycles. The van der Waals surface area contributed by atoms with Crippen molar-refractivity contribution in [2.45, 2.75) is 31.7 Å². The van der Waals surface area contributed by atoms with E-state index in [1.54, 1.807) is 6.92 Å². The van der Waals surface area contributed by atoms with E-state index in [-0.39, 0.29) is 18.2 Å². The molecule has 1 amide bonds. The molecule has 66 valence electrons. The fourth-order valence-corrected chi connectivity index (χ4v) is 1.72. The molecule has 3 unspecified atom stereocenters. The zero-order valence-electron chi connectivity index (χ0n) is 6.56. The lowest BCUT2D eigenvalue weighted by Gasteiger charge is -2.34. The second-order valence-corrected chi connectivity index (χ2v) is 3.08. The van der Waals surface area contributed by atoms with Crippen molar-refractivity contribution in [1.82, 2.24) is 4.90 Å². The van der Waals surface area contributed by atoms with Gasteiger partial charge in [0.25, 0.3) is 0 Å². The van der Waals surface area contributed by atoms with Gasteiger partial charge in [-0.05, 0) is 6.92 Å². The number of carbonyl (C=O) groups is 2. The van der Waals surface area contributed by atoms with E-state index >= 15 is 0 Å². The maximum absolute atomic E-state index is 11.0. The topological polar surface area (TPSA) is 66.8 Å². The van der Waals surface area contributed by atoms with Crippen molar-refractivity contribution in [2.24, 2.45) is 0 Å². The van der Waals surface area contributed by atoms with Gasteiger partial charge in [-0.2, -0.15) is 0 Å². The summed E-state index contributed by atoms with van der Waals surface area (Å²) in [5.74, 6) is -1.12. The molecular formula is C7H9NO4. The molecule has 3 atom stereocenters. The summed E-state index contributed by atoms with van der Waals surface area (Å²) in [5.41, 5.74) is 0. The second kappa shape index (κ2) is 2.20. The van der Waals surface area contributed by atoms with E-state index in [1.165, 1.54) is 4.90 Å². The Balaban J connectivity index is 2.21. The number of fused-ring (bicyclic) bond motifs is 1. The van der Waals surface area contributed by atoms with Crippen LogP contribution in [0.15, 0.2) is 0 Å². The molecule has 2 rings (SSSR count). The van der Waals surface area contributed by atoms with Crippen molar-refractivity contribution < 1.29 is 19.4 Å². The minimum Gasteiger partial charge on any atom is -0.480 e.